The summed E-state index contributed by atoms with van der Waals surface area (Å²) in [7, 11) is 1.67. The molecule has 1 aliphatic heterocycles. The lowest BCUT2D eigenvalue weighted by atomic mass is 10.2. The number of methoxy groups -OCH3 is 1. The molecule has 0 bridgehead atoms. The summed E-state index contributed by atoms with van der Waals surface area (Å²) in [6.07, 6.45) is 5.81. The number of rotatable bonds is 4. The van der Waals surface area contributed by atoms with E-state index < -0.39 is 0 Å². The Kier molecular flexibility index (Phi) is 3.67. The first kappa shape index (κ1) is 9.13. The van der Waals surface area contributed by atoms with Crippen molar-refractivity contribution < 1.29 is 9.47 Å². The Morgan fingerprint density at radius 2 is 2.33 bits per heavy atom. The standard InChI is InChI=1S/C9H15NO2/c1-8-9(4-3-5-10-8)12-7-6-11-2/h3-5,8,10H,6-7H2,1-2H3. The average molecular weight is 169 g/mol. The zero-order valence-electron chi connectivity index (χ0n) is 7.54. The van der Waals surface area contributed by atoms with Crippen molar-refractivity contribution >= 4 is 0 Å². The summed E-state index contributed by atoms with van der Waals surface area (Å²) in [4.78, 5) is 0. The summed E-state index contributed by atoms with van der Waals surface area (Å²) in [6.45, 7) is 3.30. The molecule has 3 heteroatoms. The van der Waals surface area contributed by atoms with Gasteiger partial charge < -0.3 is 14.8 Å². The van der Waals surface area contributed by atoms with Gasteiger partial charge in [-0.3, -0.25) is 0 Å². The van der Waals surface area contributed by atoms with Gasteiger partial charge in [0.2, 0.25) is 0 Å². The first-order valence-corrected chi connectivity index (χ1v) is 4.09. The quantitative estimate of drug-likeness (QED) is 0.638. The Bertz CT molecular complexity index is 187. The molecule has 0 aromatic rings. The van der Waals surface area contributed by atoms with Gasteiger partial charge in [-0.1, -0.05) is 0 Å². The van der Waals surface area contributed by atoms with Crippen molar-refractivity contribution in [2.75, 3.05) is 20.3 Å². The van der Waals surface area contributed by atoms with E-state index in [-0.39, 0.29) is 6.04 Å². The normalized spacial score (nSPS) is 21.5. The van der Waals surface area contributed by atoms with Gasteiger partial charge in [0, 0.05) is 7.11 Å². The molecule has 0 fully saturated rings. The molecule has 0 aromatic heterocycles. The molecule has 3 nitrogen and oxygen atoms in total. The van der Waals surface area contributed by atoms with E-state index in [1.54, 1.807) is 7.11 Å². The van der Waals surface area contributed by atoms with Crippen LogP contribution in [0.15, 0.2) is 24.1 Å². The first-order chi connectivity index (χ1) is 5.84. The lowest BCUT2D eigenvalue weighted by molar-refractivity contribution is 0.102. The summed E-state index contributed by atoms with van der Waals surface area (Å²) < 4.78 is 10.3. The third-order valence-electron chi connectivity index (χ3n) is 1.69. The Balaban J connectivity index is 2.29. The summed E-state index contributed by atoms with van der Waals surface area (Å²) in [5.41, 5.74) is 0. The summed E-state index contributed by atoms with van der Waals surface area (Å²) in [6, 6.07) is 0.270. The van der Waals surface area contributed by atoms with Crippen molar-refractivity contribution in [1.82, 2.24) is 5.32 Å². The molecular weight excluding hydrogens is 154 g/mol. The van der Waals surface area contributed by atoms with Crippen molar-refractivity contribution in [2.45, 2.75) is 13.0 Å². The van der Waals surface area contributed by atoms with E-state index in [1.807, 2.05) is 18.4 Å². The molecule has 1 N–H and O–H groups in total. The van der Waals surface area contributed by atoms with Gasteiger partial charge in [-0.2, -0.15) is 0 Å². The van der Waals surface area contributed by atoms with Crippen LogP contribution in [0.2, 0.25) is 0 Å². The van der Waals surface area contributed by atoms with E-state index in [0.717, 1.165) is 5.76 Å². The van der Waals surface area contributed by atoms with Crippen molar-refractivity contribution in [3.05, 3.63) is 24.1 Å². The average Bonchev–Trinajstić information content (AvgIpc) is 2.09. The predicted octanol–water partition coefficient (Wildman–Crippen LogP) is 1.04. The third kappa shape index (κ3) is 2.58. The molecule has 12 heavy (non-hydrogen) atoms. The molecular formula is C9H15NO2. The molecule has 1 aliphatic rings. The fourth-order valence-electron chi connectivity index (χ4n) is 0.985. The maximum absolute atomic E-state index is 5.46. The van der Waals surface area contributed by atoms with Gasteiger partial charge >= 0.3 is 0 Å². The van der Waals surface area contributed by atoms with Crippen molar-refractivity contribution in [3.8, 4) is 0 Å². The zero-order valence-corrected chi connectivity index (χ0v) is 7.54. The molecule has 0 saturated carbocycles. The SMILES string of the molecule is COCCOC1=CC=CNC1C. The fourth-order valence-corrected chi connectivity index (χ4v) is 0.985. The Morgan fingerprint density at radius 3 is 3.00 bits per heavy atom. The van der Waals surface area contributed by atoms with Crippen LogP contribution < -0.4 is 5.32 Å². The van der Waals surface area contributed by atoms with E-state index in [2.05, 4.69) is 12.2 Å². The topological polar surface area (TPSA) is 30.5 Å². The van der Waals surface area contributed by atoms with Gasteiger partial charge in [-0.15, -0.1) is 0 Å². The molecule has 1 atom stereocenters. The lowest BCUT2D eigenvalue weighted by Crippen LogP contribution is -2.26. The minimum Gasteiger partial charge on any atom is -0.493 e. The van der Waals surface area contributed by atoms with Gasteiger partial charge in [0.05, 0.1) is 12.6 Å². The highest BCUT2D eigenvalue weighted by Crippen LogP contribution is 2.07. The molecule has 68 valence electrons. The van der Waals surface area contributed by atoms with Crippen LogP contribution in [0, 0.1) is 0 Å². The van der Waals surface area contributed by atoms with Crippen LogP contribution in [0.5, 0.6) is 0 Å². The minimum absolute atomic E-state index is 0.270. The Hall–Kier alpha value is -0.960. The number of allylic oxidation sites excluding steroid dienone is 2. The number of dihydropyridines is 1. The van der Waals surface area contributed by atoms with E-state index in [0.29, 0.717) is 13.2 Å². The number of hydrogen-bond donors (Lipinski definition) is 1. The van der Waals surface area contributed by atoms with E-state index in [4.69, 9.17) is 9.47 Å². The molecule has 0 spiro atoms. The van der Waals surface area contributed by atoms with Crippen LogP contribution >= 0.6 is 0 Å². The second kappa shape index (κ2) is 4.83. The van der Waals surface area contributed by atoms with Gasteiger partial charge in [0.25, 0.3) is 0 Å². The maximum Gasteiger partial charge on any atom is 0.118 e. The van der Waals surface area contributed by atoms with Crippen molar-refractivity contribution in [1.29, 1.82) is 0 Å². The number of hydrogen-bond acceptors (Lipinski definition) is 3. The van der Waals surface area contributed by atoms with Crippen LogP contribution in [-0.4, -0.2) is 26.4 Å². The maximum atomic E-state index is 5.46. The number of ether oxygens (including phenoxy) is 2. The third-order valence-corrected chi connectivity index (χ3v) is 1.69. The van der Waals surface area contributed by atoms with Crippen LogP contribution in [0.25, 0.3) is 0 Å². The van der Waals surface area contributed by atoms with Gasteiger partial charge in [-0.25, -0.2) is 0 Å². The van der Waals surface area contributed by atoms with Crippen LogP contribution in [-0.2, 0) is 9.47 Å². The van der Waals surface area contributed by atoms with Gasteiger partial charge in [0.15, 0.2) is 0 Å². The van der Waals surface area contributed by atoms with Gasteiger partial charge in [-0.05, 0) is 25.3 Å². The number of nitrogens with one attached hydrogen (secondary N) is 1. The smallest absolute Gasteiger partial charge is 0.118 e. The predicted molar refractivity (Wildman–Crippen MR) is 47.6 cm³/mol. The van der Waals surface area contributed by atoms with E-state index in [1.165, 1.54) is 0 Å². The summed E-state index contributed by atoms with van der Waals surface area (Å²) in [5, 5.41) is 3.14. The largest absolute Gasteiger partial charge is 0.493 e. The van der Waals surface area contributed by atoms with Gasteiger partial charge in [0.1, 0.15) is 12.4 Å². The van der Waals surface area contributed by atoms with Crippen LogP contribution in [0.3, 0.4) is 0 Å². The molecule has 1 unspecified atom stereocenters. The first-order valence-electron chi connectivity index (χ1n) is 4.09. The zero-order chi connectivity index (χ0) is 8.81. The van der Waals surface area contributed by atoms with Crippen LogP contribution in [0.1, 0.15) is 6.92 Å². The lowest BCUT2D eigenvalue weighted by Gasteiger charge is -2.19. The monoisotopic (exact) mass is 169 g/mol. The summed E-state index contributed by atoms with van der Waals surface area (Å²) >= 11 is 0. The highest BCUT2D eigenvalue weighted by Gasteiger charge is 2.09. The Labute approximate surface area is 73.1 Å². The summed E-state index contributed by atoms with van der Waals surface area (Å²) in [5.74, 6) is 0.967. The molecule has 1 rings (SSSR count). The minimum atomic E-state index is 0.270. The molecule has 0 saturated heterocycles. The molecule has 0 aliphatic carbocycles. The van der Waals surface area contributed by atoms with Crippen molar-refractivity contribution in [3.63, 3.8) is 0 Å². The molecule has 0 amide bonds. The highest BCUT2D eigenvalue weighted by molar-refractivity contribution is 5.17. The second-order valence-corrected chi connectivity index (χ2v) is 2.66. The Morgan fingerprint density at radius 1 is 1.50 bits per heavy atom. The van der Waals surface area contributed by atoms with E-state index >= 15 is 0 Å². The molecule has 0 radical (unpaired) electrons. The van der Waals surface area contributed by atoms with Crippen molar-refractivity contribution in [2.24, 2.45) is 0 Å². The molecule has 1 heterocycles. The second-order valence-electron chi connectivity index (χ2n) is 2.66. The van der Waals surface area contributed by atoms with E-state index in [9.17, 15) is 0 Å². The highest BCUT2D eigenvalue weighted by atomic mass is 16.5. The molecule has 0 aromatic carbocycles. The van der Waals surface area contributed by atoms with Crippen LogP contribution in [0.4, 0.5) is 0 Å². The fraction of sp³-hybridized carbons (Fsp3) is 0.556.